The maximum Gasteiger partial charge on any atom is 0.267 e. The molecular formula is C25H21N5O3. The van der Waals surface area contributed by atoms with Gasteiger partial charge in [-0.2, -0.15) is 0 Å². The number of aromatic nitrogens is 3. The van der Waals surface area contributed by atoms with Crippen LogP contribution in [0.4, 0.5) is 0 Å². The zero-order valence-corrected chi connectivity index (χ0v) is 17.9. The van der Waals surface area contributed by atoms with E-state index in [-0.39, 0.29) is 34.6 Å². The summed E-state index contributed by atoms with van der Waals surface area (Å²) in [5.74, 6) is 0.143. The van der Waals surface area contributed by atoms with Crippen LogP contribution in [0.3, 0.4) is 0 Å². The number of hydrogen-bond donors (Lipinski definition) is 2. The highest BCUT2D eigenvalue weighted by atomic mass is 16.3. The fraction of sp³-hybridized carbons (Fsp3) is 0.120. The molecule has 0 saturated heterocycles. The quantitative estimate of drug-likeness (QED) is 0.410. The molecular weight excluding hydrogens is 418 g/mol. The molecule has 1 aromatic carbocycles. The Kier molecular flexibility index (Phi) is 5.10. The number of fused-ring (bicyclic) bond motifs is 2. The van der Waals surface area contributed by atoms with Gasteiger partial charge in [-0.1, -0.05) is 36.4 Å². The second kappa shape index (κ2) is 8.23. The van der Waals surface area contributed by atoms with Crippen molar-refractivity contribution in [2.45, 2.75) is 19.5 Å². The molecule has 164 valence electrons. The zero-order chi connectivity index (χ0) is 22.9. The molecule has 0 aliphatic rings. The van der Waals surface area contributed by atoms with Crippen LogP contribution in [0.2, 0.25) is 0 Å². The summed E-state index contributed by atoms with van der Waals surface area (Å²) < 4.78 is 8.43. The van der Waals surface area contributed by atoms with Crippen molar-refractivity contribution in [2.24, 2.45) is 0 Å². The van der Waals surface area contributed by atoms with Gasteiger partial charge < -0.3 is 14.3 Å². The first-order valence-electron chi connectivity index (χ1n) is 10.5. The number of carbonyl (C=O) groups excluding carboxylic acids is 1. The third-order valence-corrected chi connectivity index (χ3v) is 5.60. The minimum absolute atomic E-state index is 0.0520. The molecule has 8 heteroatoms. The molecule has 0 spiro atoms. The Morgan fingerprint density at radius 3 is 2.67 bits per heavy atom. The smallest absolute Gasteiger partial charge is 0.267 e. The van der Waals surface area contributed by atoms with E-state index in [0.717, 1.165) is 5.56 Å². The summed E-state index contributed by atoms with van der Waals surface area (Å²) >= 11 is 0. The molecule has 4 heterocycles. The summed E-state index contributed by atoms with van der Waals surface area (Å²) in [6, 6.07) is 19.5. The molecule has 0 unspecified atom stereocenters. The topological polar surface area (TPSA) is 105 Å². The Balaban J connectivity index is 1.68. The van der Waals surface area contributed by atoms with Gasteiger partial charge in [0.15, 0.2) is 0 Å². The summed E-state index contributed by atoms with van der Waals surface area (Å²) in [6.07, 6.45) is 3.17. The molecule has 0 saturated carbocycles. The van der Waals surface area contributed by atoms with E-state index < -0.39 is 5.91 Å². The van der Waals surface area contributed by atoms with Gasteiger partial charge >= 0.3 is 0 Å². The molecule has 0 fully saturated rings. The monoisotopic (exact) mass is 439 g/mol. The van der Waals surface area contributed by atoms with Crippen molar-refractivity contribution in [3.63, 3.8) is 0 Å². The van der Waals surface area contributed by atoms with E-state index in [1.54, 1.807) is 36.5 Å². The van der Waals surface area contributed by atoms with Crippen molar-refractivity contribution in [1.82, 2.24) is 19.3 Å². The van der Waals surface area contributed by atoms with Crippen LogP contribution in [0.1, 0.15) is 34.6 Å². The minimum Gasteiger partial charge on any atom is -0.467 e. The first-order valence-corrected chi connectivity index (χ1v) is 10.5. The van der Waals surface area contributed by atoms with Crippen LogP contribution in [-0.4, -0.2) is 19.9 Å². The van der Waals surface area contributed by atoms with E-state index in [0.29, 0.717) is 17.1 Å². The molecule has 5 rings (SSSR count). The highest BCUT2D eigenvalue weighted by molar-refractivity contribution is 5.97. The molecule has 1 atom stereocenters. The first-order chi connectivity index (χ1) is 16.0. The highest BCUT2D eigenvalue weighted by Crippen LogP contribution is 2.15. The highest BCUT2D eigenvalue weighted by Gasteiger charge is 2.19. The Morgan fingerprint density at radius 2 is 1.91 bits per heavy atom. The van der Waals surface area contributed by atoms with Gasteiger partial charge in [-0.25, -0.2) is 4.98 Å². The normalized spacial score (nSPS) is 12.2. The van der Waals surface area contributed by atoms with Crippen LogP contribution in [0.25, 0.3) is 16.7 Å². The number of amides is 1. The lowest BCUT2D eigenvalue weighted by atomic mass is 10.1. The molecule has 1 amide bonds. The maximum atomic E-state index is 13.3. The van der Waals surface area contributed by atoms with Gasteiger partial charge in [0.25, 0.3) is 11.5 Å². The van der Waals surface area contributed by atoms with Crippen LogP contribution in [0.5, 0.6) is 0 Å². The van der Waals surface area contributed by atoms with E-state index >= 15 is 0 Å². The van der Waals surface area contributed by atoms with Gasteiger partial charge in [0.1, 0.15) is 22.5 Å². The van der Waals surface area contributed by atoms with Crippen LogP contribution in [0.15, 0.2) is 88.4 Å². The SMILES string of the molecule is C[C@@H](NC(=O)c1cc2c(=O)n3ccccc3nc2n(Cc2ccco2)c1=N)c1ccccc1. The van der Waals surface area contributed by atoms with Gasteiger partial charge in [-0.3, -0.25) is 19.4 Å². The second-order valence-corrected chi connectivity index (χ2v) is 7.76. The van der Waals surface area contributed by atoms with Crippen LogP contribution in [-0.2, 0) is 6.54 Å². The standard InChI is InChI=1S/C25H21N5O3/c1-16(17-8-3-2-4-9-17)27-24(31)19-14-20-23(28-21-11-5-6-12-29(21)25(20)32)30(22(19)26)15-18-10-7-13-33-18/h2-14,16,26H,15H2,1H3,(H,27,31)/t16-/m1/s1. The van der Waals surface area contributed by atoms with E-state index in [2.05, 4.69) is 10.3 Å². The Morgan fingerprint density at radius 1 is 1.12 bits per heavy atom. The van der Waals surface area contributed by atoms with Gasteiger partial charge in [-0.05, 0) is 42.8 Å². The lowest BCUT2D eigenvalue weighted by Crippen LogP contribution is -2.36. The van der Waals surface area contributed by atoms with E-state index in [1.807, 2.05) is 37.3 Å². The van der Waals surface area contributed by atoms with Gasteiger partial charge in [0.05, 0.1) is 29.8 Å². The molecule has 0 radical (unpaired) electrons. The Hall–Kier alpha value is -4.46. The predicted octanol–water partition coefficient (Wildman–Crippen LogP) is 3.26. The maximum absolute atomic E-state index is 13.3. The second-order valence-electron chi connectivity index (χ2n) is 7.76. The Labute approximate surface area is 188 Å². The molecule has 33 heavy (non-hydrogen) atoms. The molecule has 0 bridgehead atoms. The summed E-state index contributed by atoms with van der Waals surface area (Å²) in [5, 5.41) is 12.0. The van der Waals surface area contributed by atoms with Crippen molar-refractivity contribution in [1.29, 1.82) is 5.41 Å². The molecule has 5 aromatic rings. The van der Waals surface area contributed by atoms with E-state index in [4.69, 9.17) is 9.83 Å². The molecule has 0 aliphatic carbocycles. The average molecular weight is 439 g/mol. The number of nitrogens with one attached hydrogen (secondary N) is 2. The van der Waals surface area contributed by atoms with E-state index in [1.165, 1.54) is 21.3 Å². The number of furan rings is 1. The van der Waals surface area contributed by atoms with Crippen molar-refractivity contribution < 1.29 is 9.21 Å². The largest absolute Gasteiger partial charge is 0.467 e. The van der Waals surface area contributed by atoms with Crippen molar-refractivity contribution in [2.75, 3.05) is 0 Å². The molecule has 2 N–H and O–H groups in total. The third kappa shape index (κ3) is 3.71. The average Bonchev–Trinajstić information content (AvgIpc) is 3.35. The van der Waals surface area contributed by atoms with Gasteiger partial charge in [0, 0.05) is 6.20 Å². The van der Waals surface area contributed by atoms with Crippen molar-refractivity contribution >= 4 is 22.6 Å². The van der Waals surface area contributed by atoms with Crippen molar-refractivity contribution in [3.05, 3.63) is 112 Å². The first kappa shape index (κ1) is 20.4. The zero-order valence-electron chi connectivity index (χ0n) is 17.9. The number of hydrogen-bond acceptors (Lipinski definition) is 5. The van der Waals surface area contributed by atoms with Crippen LogP contribution < -0.4 is 16.4 Å². The lowest BCUT2D eigenvalue weighted by Gasteiger charge is -2.17. The number of carbonyl (C=O) groups is 1. The summed E-state index contributed by atoms with van der Waals surface area (Å²) in [4.78, 5) is 31.1. The van der Waals surface area contributed by atoms with Crippen molar-refractivity contribution in [3.8, 4) is 0 Å². The number of pyridine rings is 2. The third-order valence-electron chi connectivity index (χ3n) is 5.60. The predicted molar refractivity (Wildman–Crippen MR) is 123 cm³/mol. The summed E-state index contributed by atoms with van der Waals surface area (Å²) in [7, 11) is 0. The number of rotatable bonds is 5. The fourth-order valence-electron chi connectivity index (χ4n) is 3.87. The Bertz CT molecular complexity index is 1580. The van der Waals surface area contributed by atoms with Crippen LogP contribution >= 0.6 is 0 Å². The number of nitrogens with zero attached hydrogens (tertiary/aromatic N) is 3. The summed E-state index contributed by atoms with van der Waals surface area (Å²) in [6.45, 7) is 2.03. The minimum atomic E-state index is -0.441. The fourth-order valence-corrected chi connectivity index (χ4v) is 3.87. The van der Waals surface area contributed by atoms with Crippen LogP contribution in [0, 0.1) is 5.41 Å². The molecule has 0 aliphatic heterocycles. The number of benzene rings is 1. The molecule has 4 aromatic heterocycles. The summed E-state index contributed by atoms with van der Waals surface area (Å²) in [5.41, 5.74) is 1.44. The van der Waals surface area contributed by atoms with E-state index in [9.17, 15) is 9.59 Å². The lowest BCUT2D eigenvalue weighted by molar-refractivity contribution is 0.0937. The van der Waals surface area contributed by atoms with Gasteiger partial charge in [-0.15, -0.1) is 0 Å². The van der Waals surface area contributed by atoms with Gasteiger partial charge in [0.2, 0.25) is 0 Å². The molecule has 8 nitrogen and oxygen atoms in total.